The molecule has 1 rings (SSSR count). The molecule has 0 atom stereocenters. The third kappa shape index (κ3) is 4.24. The van der Waals surface area contributed by atoms with Gasteiger partial charge in [-0.25, -0.2) is 0 Å². The minimum Gasteiger partial charge on any atom is -0.508 e. The standard InChI is InChI=1S/C13H21NO/c1-3-4-5-6-9-14-13-8-7-12(15)10-11(13)2/h7-8,10,14-15H,3-6,9H2,1-2H3. The van der Waals surface area contributed by atoms with Crippen LogP contribution in [0.5, 0.6) is 5.75 Å². The molecule has 0 unspecified atom stereocenters. The predicted octanol–water partition coefficient (Wildman–Crippen LogP) is 3.69. The van der Waals surface area contributed by atoms with Crippen molar-refractivity contribution in [1.29, 1.82) is 0 Å². The average Bonchev–Trinajstić information content (AvgIpc) is 2.20. The smallest absolute Gasteiger partial charge is 0.115 e. The molecule has 0 aliphatic rings. The van der Waals surface area contributed by atoms with E-state index in [1.54, 1.807) is 12.1 Å². The molecule has 84 valence electrons. The van der Waals surface area contributed by atoms with Crippen molar-refractivity contribution in [2.75, 3.05) is 11.9 Å². The highest BCUT2D eigenvalue weighted by molar-refractivity contribution is 5.53. The van der Waals surface area contributed by atoms with Gasteiger partial charge in [-0.3, -0.25) is 0 Å². The van der Waals surface area contributed by atoms with Crippen LogP contribution in [-0.2, 0) is 0 Å². The average molecular weight is 207 g/mol. The lowest BCUT2D eigenvalue weighted by Gasteiger charge is -2.09. The number of rotatable bonds is 6. The summed E-state index contributed by atoms with van der Waals surface area (Å²) in [7, 11) is 0. The van der Waals surface area contributed by atoms with Gasteiger partial charge in [-0.05, 0) is 37.1 Å². The minimum atomic E-state index is 0.337. The summed E-state index contributed by atoms with van der Waals surface area (Å²) < 4.78 is 0. The molecular weight excluding hydrogens is 186 g/mol. The molecule has 0 heterocycles. The summed E-state index contributed by atoms with van der Waals surface area (Å²) in [5.74, 6) is 0.337. The Morgan fingerprint density at radius 1 is 1.20 bits per heavy atom. The van der Waals surface area contributed by atoms with Gasteiger partial charge in [0.05, 0.1) is 0 Å². The van der Waals surface area contributed by atoms with E-state index in [4.69, 9.17) is 0 Å². The first-order valence-corrected chi connectivity index (χ1v) is 5.77. The van der Waals surface area contributed by atoms with Crippen LogP contribution in [0.25, 0.3) is 0 Å². The number of phenols is 1. The maximum atomic E-state index is 9.25. The zero-order valence-corrected chi connectivity index (χ0v) is 9.71. The van der Waals surface area contributed by atoms with Gasteiger partial charge >= 0.3 is 0 Å². The van der Waals surface area contributed by atoms with E-state index < -0.39 is 0 Å². The van der Waals surface area contributed by atoms with E-state index in [9.17, 15) is 5.11 Å². The fourth-order valence-corrected chi connectivity index (χ4v) is 1.62. The van der Waals surface area contributed by atoms with Crippen LogP contribution in [0.3, 0.4) is 0 Å². The van der Waals surface area contributed by atoms with Gasteiger partial charge in [0.2, 0.25) is 0 Å². The van der Waals surface area contributed by atoms with Gasteiger partial charge in [0, 0.05) is 12.2 Å². The molecule has 2 N–H and O–H groups in total. The number of nitrogens with one attached hydrogen (secondary N) is 1. The second-order valence-corrected chi connectivity index (χ2v) is 3.99. The highest BCUT2D eigenvalue weighted by atomic mass is 16.3. The van der Waals surface area contributed by atoms with Gasteiger partial charge in [0.1, 0.15) is 5.75 Å². The van der Waals surface area contributed by atoms with Gasteiger partial charge in [-0.1, -0.05) is 26.2 Å². The van der Waals surface area contributed by atoms with E-state index in [1.807, 2.05) is 13.0 Å². The Kier molecular flexibility index (Phi) is 5.02. The monoisotopic (exact) mass is 207 g/mol. The van der Waals surface area contributed by atoms with Crippen LogP contribution in [0.1, 0.15) is 38.2 Å². The normalized spacial score (nSPS) is 10.3. The molecule has 1 aromatic rings. The summed E-state index contributed by atoms with van der Waals surface area (Å²) in [5, 5.41) is 12.6. The Balaban J connectivity index is 2.31. The molecule has 0 aromatic heterocycles. The van der Waals surface area contributed by atoms with Crippen LogP contribution in [0, 0.1) is 6.92 Å². The Morgan fingerprint density at radius 3 is 2.67 bits per heavy atom. The quantitative estimate of drug-likeness (QED) is 0.550. The van der Waals surface area contributed by atoms with E-state index in [1.165, 1.54) is 25.7 Å². The van der Waals surface area contributed by atoms with Crippen molar-refractivity contribution in [3.8, 4) is 5.75 Å². The maximum absolute atomic E-state index is 9.25. The highest BCUT2D eigenvalue weighted by Gasteiger charge is 1.97. The van der Waals surface area contributed by atoms with Gasteiger partial charge in [-0.15, -0.1) is 0 Å². The van der Waals surface area contributed by atoms with E-state index >= 15 is 0 Å². The molecule has 0 bridgehead atoms. The van der Waals surface area contributed by atoms with Crippen LogP contribution in [0.4, 0.5) is 5.69 Å². The Morgan fingerprint density at radius 2 is 2.00 bits per heavy atom. The summed E-state index contributed by atoms with van der Waals surface area (Å²) in [6.45, 7) is 5.25. The van der Waals surface area contributed by atoms with E-state index in [0.29, 0.717) is 5.75 Å². The van der Waals surface area contributed by atoms with E-state index in [0.717, 1.165) is 17.8 Å². The molecule has 15 heavy (non-hydrogen) atoms. The Bertz CT molecular complexity index is 297. The topological polar surface area (TPSA) is 32.3 Å². The van der Waals surface area contributed by atoms with Gasteiger partial charge in [0.15, 0.2) is 0 Å². The maximum Gasteiger partial charge on any atom is 0.115 e. The summed E-state index contributed by atoms with van der Waals surface area (Å²) >= 11 is 0. The third-order valence-corrected chi connectivity index (χ3v) is 2.56. The molecule has 0 radical (unpaired) electrons. The second-order valence-electron chi connectivity index (χ2n) is 3.99. The summed E-state index contributed by atoms with van der Waals surface area (Å²) in [6.07, 6.45) is 5.10. The first-order valence-electron chi connectivity index (χ1n) is 5.77. The number of hydrogen-bond acceptors (Lipinski definition) is 2. The van der Waals surface area contributed by atoms with Crippen molar-refractivity contribution in [2.24, 2.45) is 0 Å². The van der Waals surface area contributed by atoms with Crippen LogP contribution < -0.4 is 5.32 Å². The number of hydrogen-bond donors (Lipinski definition) is 2. The van der Waals surface area contributed by atoms with E-state index in [-0.39, 0.29) is 0 Å². The van der Waals surface area contributed by atoms with Gasteiger partial charge < -0.3 is 10.4 Å². The van der Waals surface area contributed by atoms with Gasteiger partial charge in [-0.2, -0.15) is 0 Å². The molecule has 0 aliphatic carbocycles. The fourth-order valence-electron chi connectivity index (χ4n) is 1.62. The van der Waals surface area contributed by atoms with Crippen molar-refractivity contribution in [2.45, 2.75) is 39.5 Å². The molecule has 2 nitrogen and oxygen atoms in total. The van der Waals surface area contributed by atoms with Crippen LogP contribution in [0.15, 0.2) is 18.2 Å². The molecule has 1 aromatic carbocycles. The van der Waals surface area contributed by atoms with Crippen molar-refractivity contribution >= 4 is 5.69 Å². The largest absolute Gasteiger partial charge is 0.508 e. The molecular formula is C13H21NO. The van der Waals surface area contributed by atoms with Crippen molar-refractivity contribution < 1.29 is 5.11 Å². The molecule has 0 saturated heterocycles. The summed E-state index contributed by atoms with van der Waals surface area (Å²) in [4.78, 5) is 0. The van der Waals surface area contributed by atoms with Crippen LogP contribution in [-0.4, -0.2) is 11.7 Å². The molecule has 0 saturated carbocycles. The van der Waals surface area contributed by atoms with Crippen molar-refractivity contribution in [3.05, 3.63) is 23.8 Å². The molecule has 0 amide bonds. The number of anilines is 1. The number of benzene rings is 1. The second kappa shape index (κ2) is 6.33. The fraction of sp³-hybridized carbons (Fsp3) is 0.538. The molecule has 0 spiro atoms. The first kappa shape index (κ1) is 11.9. The molecule has 0 fully saturated rings. The lowest BCUT2D eigenvalue weighted by molar-refractivity contribution is 0.475. The molecule has 2 heteroatoms. The molecule has 0 aliphatic heterocycles. The number of aryl methyl sites for hydroxylation is 1. The summed E-state index contributed by atoms with van der Waals surface area (Å²) in [6, 6.07) is 5.44. The Labute approximate surface area is 92.3 Å². The highest BCUT2D eigenvalue weighted by Crippen LogP contribution is 2.19. The van der Waals surface area contributed by atoms with Crippen LogP contribution in [0.2, 0.25) is 0 Å². The lowest BCUT2D eigenvalue weighted by atomic mass is 10.1. The SMILES string of the molecule is CCCCCCNc1ccc(O)cc1C. The zero-order chi connectivity index (χ0) is 11.1. The van der Waals surface area contributed by atoms with Crippen LogP contribution >= 0.6 is 0 Å². The number of unbranched alkanes of at least 4 members (excludes halogenated alkanes) is 3. The van der Waals surface area contributed by atoms with Gasteiger partial charge in [0.25, 0.3) is 0 Å². The van der Waals surface area contributed by atoms with Crippen molar-refractivity contribution in [3.63, 3.8) is 0 Å². The predicted molar refractivity (Wildman–Crippen MR) is 65.5 cm³/mol. The van der Waals surface area contributed by atoms with Crippen molar-refractivity contribution in [1.82, 2.24) is 0 Å². The van der Waals surface area contributed by atoms with E-state index in [2.05, 4.69) is 12.2 Å². The lowest BCUT2D eigenvalue weighted by Crippen LogP contribution is -2.02. The summed E-state index contributed by atoms with van der Waals surface area (Å²) in [5.41, 5.74) is 2.23. The number of aromatic hydroxyl groups is 1. The minimum absolute atomic E-state index is 0.337. The third-order valence-electron chi connectivity index (χ3n) is 2.56. The number of phenolic OH excluding ortho intramolecular Hbond substituents is 1. The zero-order valence-electron chi connectivity index (χ0n) is 9.71. The first-order chi connectivity index (χ1) is 7.24. The Hall–Kier alpha value is -1.18.